The van der Waals surface area contributed by atoms with Crippen molar-refractivity contribution in [1.82, 2.24) is 14.9 Å². The van der Waals surface area contributed by atoms with E-state index in [2.05, 4.69) is 40.8 Å². The normalized spacial score (nSPS) is 12.1. The second-order valence-corrected chi connectivity index (χ2v) is 6.19. The third-order valence-corrected chi connectivity index (χ3v) is 4.36. The summed E-state index contributed by atoms with van der Waals surface area (Å²) in [6, 6.07) is 14.0. The molecule has 0 fully saturated rings. The monoisotopic (exact) mass is 337 g/mol. The van der Waals surface area contributed by atoms with E-state index >= 15 is 0 Å². The fourth-order valence-electron chi connectivity index (χ4n) is 3.10. The van der Waals surface area contributed by atoms with E-state index in [0.29, 0.717) is 19.6 Å². The molecule has 1 atom stereocenters. The lowest BCUT2D eigenvalue weighted by atomic mass is 10.1. The Hall–Kier alpha value is -2.82. The Kier molecular flexibility index (Phi) is 5.03. The van der Waals surface area contributed by atoms with Crippen molar-refractivity contribution in [3.63, 3.8) is 0 Å². The predicted octanol–water partition coefficient (Wildman–Crippen LogP) is 3.54. The minimum absolute atomic E-state index is 0.162. The van der Waals surface area contributed by atoms with Crippen LogP contribution in [-0.4, -0.2) is 22.6 Å². The predicted molar refractivity (Wildman–Crippen MR) is 98.8 cm³/mol. The largest absolute Gasteiger partial charge is 0.491 e. The third-order valence-electron chi connectivity index (χ3n) is 4.36. The third kappa shape index (κ3) is 3.50. The number of rotatable bonds is 7. The topological polar surface area (TPSA) is 56.1 Å². The highest BCUT2D eigenvalue weighted by Crippen LogP contribution is 2.24. The van der Waals surface area contributed by atoms with E-state index in [1.165, 1.54) is 0 Å². The van der Waals surface area contributed by atoms with Crippen LogP contribution in [0.25, 0.3) is 11.0 Å². The molecule has 3 rings (SSSR count). The highest BCUT2D eigenvalue weighted by molar-refractivity contribution is 5.76. The SMILES string of the molecule is Cc1cccc(C)c1OCCn1c(C(C)NC=O)nc2ccccc21. The Morgan fingerprint density at radius 3 is 2.60 bits per heavy atom. The molecule has 5 nitrogen and oxygen atoms in total. The van der Waals surface area contributed by atoms with Crippen molar-refractivity contribution in [3.05, 3.63) is 59.4 Å². The number of benzene rings is 2. The average molecular weight is 337 g/mol. The number of nitrogens with one attached hydrogen (secondary N) is 1. The van der Waals surface area contributed by atoms with E-state index in [-0.39, 0.29) is 6.04 Å². The van der Waals surface area contributed by atoms with E-state index in [4.69, 9.17) is 4.74 Å². The van der Waals surface area contributed by atoms with Crippen molar-refractivity contribution in [3.8, 4) is 5.75 Å². The summed E-state index contributed by atoms with van der Waals surface area (Å²) in [4.78, 5) is 15.5. The lowest BCUT2D eigenvalue weighted by molar-refractivity contribution is -0.110. The summed E-state index contributed by atoms with van der Waals surface area (Å²) in [5.41, 5.74) is 4.23. The van der Waals surface area contributed by atoms with Gasteiger partial charge in [0.2, 0.25) is 6.41 Å². The van der Waals surface area contributed by atoms with Gasteiger partial charge in [0.05, 0.1) is 23.6 Å². The molecular weight excluding hydrogens is 314 g/mol. The maximum Gasteiger partial charge on any atom is 0.207 e. The van der Waals surface area contributed by atoms with Crippen LogP contribution in [0.5, 0.6) is 5.75 Å². The Morgan fingerprint density at radius 2 is 1.88 bits per heavy atom. The van der Waals surface area contributed by atoms with Gasteiger partial charge in [0.25, 0.3) is 0 Å². The first kappa shape index (κ1) is 17.0. The van der Waals surface area contributed by atoms with Gasteiger partial charge in [-0.25, -0.2) is 4.98 Å². The van der Waals surface area contributed by atoms with Crippen LogP contribution < -0.4 is 10.1 Å². The number of fused-ring (bicyclic) bond motifs is 1. The number of ether oxygens (including phenoxy) is 1. The highest BCUT2D eigenvalue weighted by Gasteiger charge is 2.16. The molecule has 1 amide bonds. The Labute approximate surface area is 147 Å². The smallest absolute Gasteiger partial charge is 0.207 e. The van der Waals surface area contributed by atoms with Crippen LogP contribution in [-0.2, 0) is 11.3 Å². The van der Waals surface area contributed by atoms with Crippen molar-refractivity contribution in [1.29, 1.82) is 0 Å². The van der Waals surface area contributed by atoms with Crippen LogP contribution in [0, 0.1) is 13.8 Å². The summed E-state index contributed by atoms with van der Waals surface area (Å²) in [7, 11) is 0. The number of para-hydroxylation sites is 3. The van der Waals surface area contributed by atoms with Gasteiger partial charge in [-0.2, -0.15) is 0 Å². The molecule has 1 unspecified atom stereocenters. The summed E-state index contributed by atoms with van der Waals surface area (Å²) in [6.07, 6.45) is 0.710. The van der Waals surface area contributed by atoms with Gasteiger partial charge in [0, 0.05) is 0 Å². The van der Waals surface area contributed by atoms with Gasteiger partial charge in [-0.3, -0.25) is 4.79 Å². The number of hydrogen-bond donors (Lipinski definition) is 1. The summed E-state index contributed by atoms with van der Waals surface area (Å²) in [6.45, 7) is 7.23. The van der Waals surface area contributed by atoms with Crippen LogP contribution >= 0.6 is 0 Å². The minimum atomic E-state index is -0.162. The van der Waals surface area contributed by atoms with E-state index in [0.717, 1.165) is 33.7 Å². The van der Waals surface area contributed by atoms with E-state index in [9.17, 15) is 4.79 Å². The molecule has 0 aliphatic carbocycles. The first-order chi connectivity index (χ1) is 12.1. The van der Waals surface area contributed by atoms with Gasteiger partial charge >= 0.3 is 0 Å². The van der Waals surface area contributed by atoms with Gasteiger partial charge in [0.15, 0.2) is 0 Å². The summed E-state index contributed by atoms with van der Waals surface area (Å²) < 4.78 is 8.16. The molecule has 5 heteroatoms. The maximum absolute atomic E-state index is 10.8. The molecule has 130 valence electrons. The van der Waals surface area contributed by atoms with Crippen LogP contribution in [0.4, 0.5) is 0 Å². The van der Waals surface area contributed by atoms with E-state index in [1.54, 1.807) is 0 Å². The van der Waals surface area contributed by atoms with E-state index in [1.807, 2.05) is 37.3 Å². The second kappa shape index (κ2) is 7.38. The maximum atomic E-state index is 10.8. The molecule has 0 saturated heterocycles. The van der Waals surface area contributed by atoms with Crippen LogP contribution in [0.15, 0.2) is 42.5 Å². The molecule has 0 aliphatic heterocycles. The van der Waals surface area contributed by atoms with Crippen molar-refractivity contribution < 1.29 is 9.53 Å². The Balaban J connectivity index is 1.85. The second-order valence-electron chi connectivity index (χ2n) is 6.19. The highest BCUT2D eigenvalue weighted by atomic mass is 16.5. The first-order valence-corrected chi connectivity index (χ1v) is 8.45. The fourth-order valence-corrected chi connectivity index (χ4v) is 3.10. The number of aromatic nitrogens is 2. The molecule has 0 spiro atoms. The molecule has 0 radical (unpaired) electrons. The molecule has 2 aromatic carbocycles. The molecule has 0 bridgehead atoms. The summed E-state index contributed by atoms with van der Waals surface area (Å²) in [5.74, 6) is 1.77. The van der Waals surface area contributed by atoms with Crippen molar-refractivity contribution in [2.75, 3.05) is 6.61 Å². The molecule has 1 N–H and O–H groups in total. The first-order valence-electron chi connectivity index (χ1n) is 8.45. The lowest BCUT2D eigenvalue weighted by Crippen LogP contribution is -2.22. The van der Waals surface area contributed by atoms with Crippen molar-refractivity contribution in [2.45, 2.75) is 33.4 Å². The molecular formula is C20H23N3O2. The molecule has 0 aliphatic rings. The lowest BCUT2D eigenvalue weighted by Gasteiger charge is -2.16. The number of nitrogens with zero attached hydrogens (tertiary/aromatic N) is 2. The number of carbonyl (C=O) groups excluding carboxylic acids is 1. The number of imidazole rings is 1. The van der Waals surface area contributed by atoms with Gasteiger partial charge < -0.3 is 14.6 Å². The molecule has 3 aromatic rings. The molecule has 0 saturated carbocycles. The number of aryl methyl sites for hydroxylation is 2. The minimum Gasteiger partial charge on any atom is -0.491 e. The number of amides is 1. The zero-order valence-electron chi connectivity index (χ0n) is 14.8. The van der Waals surface area contributed by atoms with Crippen LogP contribution in [0.1, 0.15) is 29.9 Å². The molecule has 1 heterocycles. The average Bonchev–Trinajstić information content (AvgIpc) is 2.97. The van der Waals surface area contributed by atoms with Gasteiger partial charge in [0.1, 0.15) is 18.2 Å². The number of carbonyl (C=O) groups is 1. The quantitative estimate of drug-likeness (QED) is 0.671. The Morgan fingerprint density at radius 1 is 1.16 bits per heavy atom. The molecule has 1 aromatic heterocycles. The molecule has 25 heavy (non-hydrogen) atoms. The van der Waals surface area contributed by atoms with Gasteiger partial charge in [-0.1, -0.05) is 30.3 Å². The zero-order chi connectivity index (χ0) is 17.8. The van der Waals surface area contributed by atoms with Crippen molar-refractivity contribution >= 4 is 17.4 Å². The number of hydrogen-bond acceptors (Lipinski definition) is 3. The van der Waals surface area contributed by atoms with Crippen molar-refractivity contribution in [2.24, 2.45) is 0 Å². The standard InChI is InChI=1S/C20H23N3O2/c1-14-7-6-8-15(2)19(14)25-12-11-23-18-10-5-4-9-17(18)22-20(23)16(3)21-13-24/h4-10,13,16H,11-12H2,1-3H3,(H,21,24). The van der Waals surface area contributed by atoms with Crippen LogP contribution in [0.2, 0.25) is 0 Å². The van der Waals surface area contributed by atoms with E-state index < -0.39 is 0 Å². The fraction of sp³-hybridized carbons (Fsp3) is 0.300. The summed E-state index contributed by atoms with van der Waals surface area (Å²) >= 11 is 0. The van der Waals surface area contributed by atoms with Crippen LogP contribution in [0.3, 0.4) is 0 Å². The summed E-state index contributed by atoms with van der Waals surface area (Å²) in [5, 5.41) is 2.78. The Bertz CT molecular complexity index is 866. The van der Waals surface area contributed by atoms with Gasteiger partial charge in [-0.15, -0.1) is 0 Å². The van der Waals surface area contributed by atoms with Gasteiger partial charge in [-0.05, 0) is 44.0 Å². The zero-order valence-corrected chi connectivity index (χ0v) is 14.8.